The number of carbonyl (C=O) groups excluding carboxylic acids is 2. The molecule has 6 rings (SSSR count). The molecule has 4 aliphatic heterocycles. The van der Waals surface area contributed by atoms with Crippen molar-refractivity contribution in [3.05, 3.63) is 58.9 Å². The molecule has 41 heavy (non-hydrogen) atoms. The summed E-state index contributed by atoms with van der Waals surface area (Å²) in [6.07, 6.45) is 16.6. The van der Waals surface area contributed by atoms with Crippen LogP contribution in [0.25, 0.3) is 0 Å². The maximum absolute atomic E-state index is 13.1. The molecule has 1 aliphatic carbocycles. The summed E-state index contributed by atoms with van der Waals surface area (Å²) in [5.41, 5.74) is 10.2. The second-order valence-corrected chi connectivity index (χ2v) is 12.2. The highest BCUT2D eigenvalue weighted by molar-refractivity contribution is 6.16. The van der Waals surface area contributed by atoms with Crippen LogP contribution in [0.4, 0.5) is 0 Å². The number of hydrogen-bond donors (Lipinski definition) is 3. The summed E-state index contributed by atoms with van der Waals surface area (Å²) in [7, 11) is 0. The molecule has 4 N–H and O–H groups in total. The van der Waals surface area contributed by atoms with E-state index in [4.69, 9.17) is 11.1 Å². The fraction of sp³-hybridized carbons (Fsp3) is 0.531. The smallest absolute Gasteiger partial charge is 0.253 e. The molecule has 0 bridgehead atoms. The van der Waals surface area contributed by atoms with E-state index in [1.54, 1.807) is 12.3 Å². The number of piperidine rings is 2. The van der Waals surface area contributed by atoms with Gasteiger partial charge in [0, 0.05) is 56.2 Å². The van der Waals surface area contributed by atoms with Gasteiger partial charge in [0.05, 0.1) is 5.71 Å². The number of benzene rings is 1. The molecular weight excluding hydrogens is 514 g/mol. The lowest BCUT2D eigenvalue weighted by Crippen LogP contribution is -2.51. The molecule has 0 spiro atoms. The highest BCUT2D eigenvalue weighted by Crippen LogP contribution is 2.38. The van der Waals surface area contributed by atoms with Gasteiger partial charge in [-0.2, -0.15) is 0 Å². The Labute approximate surface area is 242 Å². The van der Waals surface area contributed by atoms with Crippen LogP contribution in [0.1, 0.15) is 79.3 Å². The first kappa shape index (κ1) is 27.4. The third-order valence-corrected chi connectivity index (χ3v) is 9.34. The monoisotopic (exact) mass is 555 g/mol. The maximum Gasteiger partial charge on any atom is 0.253 e. The fourth-order valence-corrected chi connectivity index (χ4v) is 6.83. The van der Waals surface area contributed by atoms with Crippen molar-refractivity contribution in [3.63, 3.8) is 0 Å². The molecule has 0 aromatic heterocycles. The van der Waals surface area contributed by atoms with Crippen LogP contribution in [0, 0.1) is 24.2 Å². The van der Waals surface area contributed by atoms with Crippen molar-refractivity contribution in [1.29, 1.82) is 5.41 Å². The Morgan fingerprint density at radius 3 is 2.85 bits per heavy atom. The van der Waals surface area contributed by atoms with Gasteiger partial charge in [-0.05, 0) is 93.0 Å². The number of aliphatic imine (C=N–C) groups is 2. The molecule has 2 amide bonds. The molecule has 1 aromatic rings. The molecule has 3 fully saturated rings. The maximum atomic E-state index is 13.1. The van der Waals surface area contributed by atoms with Gasteiger partial charge in [-0.25, -0.2) is 4.99 Å². The van der Waals surface area contributed by atoms with Crippen molar-refractivity contribution < 1.29 is 9.59 Å². The highest BCUT2D eigenvalue weighted by atomic mass is 16.2. The molecule has 1 aromatic carbocycles. The van der Waals surface area contributed by atoms with Crippen LogP contribution in [-0.4, -0.2) is 70.7 Å². The van der Waals surface area contributed by atoms with Gasteiger partial charge in [0.1, 0.15) is 18.0 Å². The molecule has 4 unspecified atom stereocenters. The van der Waals surface area contributed by atoms with Crippen LogP contribution in [-0.2, 0) is 4.79 Å². The standard InChI is InChI=1S/C32H41N7O2/c1-20-17-24(8-10-26(20)32(41)37-27-18-23(11-13-35-27)22-6-7-22)29(33)30-31(34)36-14-16-38(30)15-12-21-5-9-25-3-2-4-28(40)39(25)19-21/h8,10,13-14,16-18,21-22,25,27,30,33H,2-7,9,11-12,15,19H2,1H3,(H2,34,36)(H,37,41). The van der Waals surface area contributed by atoms with Crippen LogP contribution < -0.4 is 11.1 Å². The number of nitrogens with zero attached hydrogens (tertiary/aromatic N) is 4. The number of aryl methyl sites for hydroxylation is 1. The van der Waals surface area contributed by atoms with Crippen molar-refractivity contribution >= 4 is 29.6 Å². The van der Waals surface area contributed by atoms with Crippen LogP contribution in [0.2, 0.25) is 0 Å². The fourth-order valence-electron chi connectivity index (χ4n) is 6.83. The van der Waals surface area contributed by atoms with E-state index in [2.05, 4.69) is 31.2 Å². The average molecular weight is 556 g/mol. The Hall–Kier alpha value is -3.75. The summed E-state index contributed by atoms with van der Waals surface area (Å²) in [6.45, 7) is 3.46. The zero-order chi connectivity index (χ0) is 28.5. The van der Waals surface area contributed by atoms with Gasteiger partial charge in [0.15, 0.2) is 0 Å². The number of carbonyl (C=O) groups is 2. The number of fused-ring (bicyclic) bond motifs is 1. The Bertz CT molecular complexity index is 1340. The van der Waals surface area contributed by atoms with Crippen molar-refractivity contribution in [2.24, 2.45) is 27.6 Å². The van der Waals surface area contributed by atoms with Gasteiger partial charge in [-0.3, -0.25) is 14.6 Å². The average Bonchev–Trinajstić information content (AvgIpc) is 3.82. The van der Waals surface area contributed by atoms with E-state index in [9.17, 15) is 9.59 Å². The number of amides is 2. The van der Waals surface area contributed by atoms with Crippen molar-refractivity contribution in [3.8, 4) is 0 Å². The number of rotatable bonds is 8. The van der Waals surface area contributed by atoms with Crippen LogP contribution >= 0.6 is 0 Å². The lowest BCUT2D eigenvalue weighted by molar-refractivity contribution is -0.139. The first-order valence-electron chi connectivity index (χ1n) is 15.1. The third-order valence-electron chi connectivity index (χ3n) is 9.34. The van der Waals surface area contributed by atoms with Gasteiger partial charge in [-0.1, -0.05) is 11.6 Å². The van der Waals surface area contributed by atoms with Crippen LogP contribution in [0.5, 0.6) is 0 Å². The molecule has 0 radical (unpaired) electrons. The normalized spacial score (nSPS) is 27.7. The van der Waals surface area contributed by atoms with Crippen molar-refractivity contribution in [1.82, 2.24) is 15.1 Å². The quantitative estimate of drug-likeness (QED) is 0.332. The lowest BCUT2D eigenvalue weighted by atomic mass is 9.85. The molecule has 2 saturated heterocycles. The van der Waals surface area contributed by atoms with Gasteiger partial charge < -0.3 is 26.3 Å². The van der Waals surface area contributed by atoms with E-state index in [-0.39, 0.29) is 12.1 Å². The van der Waals surface area contributed by atoms with Crippen LogP contribution in [0.3, 0.4) is 0 Å². The molecule has 5 aliphatic rings. The predicted octanol–water partition coefficient (Wildman–Crippen LogP) is 3.92. The summed E-state index contributed by atoms with van der Waals surface area (Å²) in [5.74, 6) is 1.63. The summed E-state index contributed by atoms with van der Waals surface area (Å²) < 4.78 is 0. The largest absolute Gasteiger partial charge is 0.385 e. The number of dihydropyridines is 1. The van der Waals surface area contributed by atoms with Crippen molar-refractivity contribution in [2.45, 2.75) is 83.0 Å². The van der Waals surface area contributed by atoms with Gasteiger partial charge in [-0.15, -0.1) is 0 Å². The first-order valence-corrected chi connectivity index (χ1v) is 15.1. The molecule has 1 saturated carbocycles. The molecule has 9 heteroatoms. The minimum absolute atomic E-state index is 0.166. The molecule has 4 atom stereocenters. The molecule has 216 valence electrons. The minimum Gasteiger partial charge on any atom is -0.385 e. The van der Waals surface area contributed by atoms with E-state index in [1.807, 2.05) is 31.5 Å². The lowest BCUT2D eigenvalue weighted by Gasteiger charge is -2.43. The second kappa shape index (κ2) is 11.6. The summed E-state index contributed by atoms with van der Waals surface area (Å²) in [4.78, 5) is 38.6. The van der Waals surface area contributed by atoms with E-state index >= 15 is 0 Å². The third kappa shape index (κ3) is 5.99. The minimum atomic E-state index is -0.477. The summed E-state index contributed by atoms with van der Waals surface area (Å²) >= 11 is 0. The number of allylic oxidation sites excluding steroid dienone is 1. The van der Waals surface area contributed by atoms with Crippen LogP contribution in [0.15, 0.2) is 52.2 Å². The zero-order valence-corrected chi connectivity index (χ0v) is 23.9. The van der Waals surface area contributed by atoms with E-state index < -0.39 is 6.04 Å². The number of hydrogen-bond acceptors (Lipinski definition) is 7. The molecule has 4 heterocycles. The molecule has 9 nitrogen and oxygen atoms in total. The Kier molecular flexibility index (Phi) is 7.77. The van der Waals surface area contributed by atoms with Gasteiger partial charge in [0.2, 0.25) is 5.91 Å². The summed E-state index contributed by atoms with van der Waals surface area (Å²) in [6, 6.07) is 5.45. The molecular formula is C32H41N7O2. The van der Waals surface area contributed by atoms with E-state index in [1.165, 1.54) is 18.4 Å². The Balaban J connectivity index is 1.10. The van der Waals surface area contributed by atoms with E-state index in [0.29, 0.717) is 52.9 Å². The topological polar surface area (TPSA) is 127 Å². The Morgan fingerprint density at radius 1 is 1.20 bits per heavy atom. The first-order chi connectivity index (χ1) is 19.9. The second-order valence-electron chi connectivity index (χ2n) is 12.2. The summed E-state index contributed by atoms with van der Waals surface area (Å²) in [5, 5.41) is 12.1. The van der Waals surface area contributed by atoms with E-state index in [0.717, 1.165) is 57.2 Å². The van der Waals surface area contributed by atoms with Crippen molar-refractivity contribution in [2.75, 3.05) is 13.1 Å². The number of nitrogens with one attached hydrogen (secondary N) is 2. The number of nitrogens with two attached hydrogens (primary N) is 1. The van der Waals surface area contributed by atoms with Gasteiger partial charge in [0.25, 0.3) is 5.91 Å². The Morgan fingerprint density at radius 2 is 2.05 bits per heavy atom. The number of amidine groups is 1. The highest BCUT2D eigenvalue weighted by Gasteiger charge is 2.35. The van der Waals surface area contributed by atoms with Gasteiger partial charge >= 0.3 is 0 Å². The SMILES string of the molecule is Cc1cc(C(=N)C2C(N)=NC=CN2CCC2CCC3CCCC(=O)N3C2)ccc1C(=O)NC1C=C(C2CC2)CC=N1. The predicted molar refractivity (Wildman–Crippen MR) is 161 cm³/mol. The zero-order valence-electron chi connectivity index (χ0n) is 23.9.